The molecule has 14 heteroatoms. The van der Waals surface area contributed by atoms with Gasteiger partial charge in [-0.2, -0.15) is 0 Å². The Kier molecular flexibility index (Phi) is 10.5. The van der Waals surface area contributed by atoms with Crippen molar-refractivity contribution < 1.29 is 39.0 Å². The third-order valence-electron chi connectivity index (χ3n) is 4.77. The molecule has 1 heterocycles. The van der Waals surface area contributed by atoms with E-state index in [2.05, 4.69) is 21.3 Å². The van der Waals surface area contributed by atoms with Crippen molar-refractivity contribution in [1.82, 2.24) is 21.3 Å². The number of aliphatic carboxylic acids is 1. The molecule has 1 aliphatic heterocycles. The van der Waals surface area contributed by atoms with E-state index in [0.717, 1.165) is 6.42 Å². The van der Waals surface area contributed by atoms with E-state index in [4.69, 9.17) is 11.5 Å². The quantitative estimate of drug-likeness (QED) is 0.133. The van der Waals surface area contributed by atoms with Crippen molar-refractivity contribution in [2.75, 3.05) is 6.54 Å². The van der Waals surface area contributed by atoms with Crippen molar-refractivity contribution in [3.05, 3.63) is 0 Å². The second kappa shape index (κ2) is 12.6. The van der Waals surface area contributed by atoms with Gasteiger partial charge in [0, 0.05) is 6.42 Å². The van der Waals surface area contributed by atoms with E-state index in [-0.39, 0.29) is 12.8 Å². The number of carbonyl (C=O) groups is 6. The summed E-state index contributed by atoms with van der Waals surface area (Å²) in [4.78, 5) is 71.0. The Balaban J connectivity index is 2.88. The summed E-state index contributed by atoms with van der Waals surface area (Å²) >= 11 is 0. The maximum atomic E-state index is 12.7. The molecule has 0 aromatic rings. The molecule has 0 spiro atoms. The molecule has 1 saturated heterocycles. The maximum Gasteiger partial charge on any atom is 0.326 e. The lowest BCUT2D eigenvalue weighted by Crippen LogP contribution is -2.60. The van der Waals surface area contributed by atoms with E-state index in [1.54, 1.807) is 0 Å². The molecule has 14 nitrogen and oxygen atoms in total. The molecule has 0 aliphatic carbocycles. The number of amides is 5. The molecule has 32 heavy (non-hydrogen) atoms. The van der Waals surface area contributed by atoms with Gasteiger partial charge in [-0.15, -0.1) is 0 Å². The predicted molar refractivity (Wildman–Crippen MR) is 108 cm³/mol. The summed E-state index contributed by atoms with van der Waals surface area (Å²) in [6.45, 7) is 1.80. The first-order valence-corrected chi connectivity index (χ1v) is 10.0. The van der Waals surface area contributed by atoms with E-state index in [0.29, 0.717) is 13.0 Å². The van der Waals surface area contributed by atoms with Crippen LogP contribution in [0.2, 0.25) is 0 Å². The van der Waals surface area contributed by atoms with Crippen LogP contribution in [0.4, 0.5) is 0 Å². The smallest absolute Gasteiger partial charge is 0.326 e. The van der Waals surface area contributed by atoms with Crippen LogP contribution in [0.5, 0.6) is 0 Å². The minimum atomic E-state index is -1.62. The summed E-state index contributed by atoms with van der Waals surface area (Å²) in [6, 6.07) is -5.07. The fraction of sp³-hybridized carbons (Fsp3) is 0.667. The largest absolute Gasteiger partial charge is 0.480 e. The lowest BCUT2D eigenvalue weighted by Gasteiger charge is -2.26. The van der Waals surface area contributed by atoms with Crippen molar-refractivity contribution in [2.24, 2.45) is 11.5 Å². The highest BCUT2D eigenvalue weighted by atomic mass is 16.4. The number of carboxylic acid groups (broad SMARTS) is 1. The van der Waals surface area contributed by atoms with Gasteiger partial charge in [-0.3, -0.25) is 24.0 Å². The van der Waals surface area contributed by atoms with E-state index >= 15 is 0 Å². The summed E-state index contributed by atoms with van der Waals surface area (Å²) in [5.41, 5.74) is 10.1. The van der Waals surface area contributed by atoms with Gasteiger partial charge in [-0.05, 0) is 32.7 Å². The Morgan fingerprint density at radius 2 is 1.66 bits per heavy atom. The highest BCUT2D eigenvalue weighted by Crippen LogP contribution is 2.07. The van der Waals surface area contributed by atoms with Crippen LogP contribution < -0.4 is 32.7 Å². The molecule has 1 rings (SSSR count). The number of aliphatic hydroxyl groups is 1. The van der Waals surface area contributed by atoms with Gasteiger partial charge in [-0.25, -0.2) is 4.79 Å². The van der Waals surface area contributed by atoms with E-state index in [1.165, 1.54) is 6.92 Å². The zero-order chi connectivity index (χ0) is 24.4. The summed E-state index contributed by atoms with van der Waals surface area (Å²) in [5, 5.41) is 28.8. The fourth-order valence-electron chi connectivity index (χ4n) is 3.06. The number of rotatable bonds is 13. The van der Waals surface area contributed by atoms with E-state index < -0.39 is 72.2 Å². The first kappa shape index (κ1) is 26.8. The average Bonchev–Trinajstić information content (AvgIpc) is 3.22. The molecule has 0 bridgehead atoms. The second-order valence-corrected chi connectivity index (χ2v) is 7.51. The molecular weight excluding hydrogens is 428 g/mol. The van der Waals surface area contributed by atoms with Gasteiger partial charge in [0.15, 0.2) is 0 Å². The molecule has 0 aromatic heterocycles. The molecule has 5 unspecified atom stereocenters. The Morgan fingerprint density at radius 3 is 2.12 bits per heavy atom. The molecular formula is C18H30N6O8. The van der Waals surface area contributed by atoms with Crippen LogP contribution in [0.15, 0.2) is 0 Å². The topological polar surface area (TPSA) is 243 Å². The molecule has 0 aromatic carbocycles. The summed E-state index contributed by atoms with van der Waals surface area (Å²) in [6.07, 6.45) is -1.34. The number of primary amides is 2. The minimum Gasteiger partial charge on any atom is -0.480 e. The summed E-state index contributed by atoms with van der Waals surface area (Å²) in [7, 11) is 0. The first-order chi connectivity index (χ1) is 14.9. The summed E-state index contributed by atoms with van der Waals surface area (Å²) < 4.78 is 0. The normalized spacial score (nSPS) is 19.1. The Bertz CT molecular complexity index is 737. The minimum absolute atomic E-state index is 0.300. The van der Waals surface area contributed by atoms with Crippen LogP contribution in [-0.2, 0) is 28.8 Å². The third kappa shape index (κ3) is 8.85. The zero-order valence-corrected chi connectivity index (χ0v) is 17.6. The molecule has 0 saturated carbocycles. The fourth-order valence-corrected chi connectivity index (χ4v) is 3.06. The highest BCUT2D eigenvalue weighted by Gasteiger charge is 2.34. The number of carboxylic acids is 1. The van der Waals surface area contributed by atoms with Crippen molar-refractivity contribution in [2.45, 2.75) is 69.3 Å². The predicted octanol–water partition coefficient (Wildman–Crippen LogP) is -4.20. The third-order valence-corrected chi connectivity index (χ3v) is 4.77. The van der Waals surface area contributed by atoms with Gasteiger partial charge in [-0.1, -0.05) is 0 Å². The van der Waals surface area contributed by atoms with E-state index in [9.17, 15) is 39.0 Å². The number of nitrogens with one attached hydrogen (secondary N) is 4. The Morgan fingerprint density at radius 1 is 1.00 bits per heavy atom. The Labute approximate surface area is 183 Å². The lowest BCUT2D eigenvalue weighted by atomic mass is 10.1. The van der Waals surface area contributed by atoms with Gasteiger partial charge in [0.1, 0.15) is 18.1 Å². The first-order valence-electron chi connectivity index (χ1n) is 10.0. The van der Waals surface area contributed by atoms with Crippen LogP contribution in [0, 0.1) is 0 Å². The number of aliphatic hydroxyl groups excluding tert-OH is 1. The highest BCUT2D eigenvalue weighted by molar-refractivity contribution is 5.96. The molecule has 10 N–H and O–H groups in total. The SMILES string of the molecule is CC(O)C(NC(=O)C(CC(N)=O)NC(=O)C1CCCN1)C(=O)NC(CCC(N)=O)C(=O)O. The molecule has 180 valence electrons. The second-order valence-electron chi connectivity index (χ2n) is 7.51. The lowest BCUT2D eigenvalue weighted by molar-refractivity contribution is -0.143. The maximum absolute atomic E-state index is 12.7. The van der Waals surface area contributed by atoms with E-state index in [1.807, 2.05) is 0 Å². The Hall–Kier alpha value is -3.26. The van der Waals surface area contributed by atoms with Gasteiger partial charge in [0.2, 0.25) is 29.5 Å². The van der Waals surface area contributed by atoms with Crippen molar-refractivity contribution in [3.8, 4) is 0 Å². The van der Waals surface area contributed by atoms with Crippen LogP contribution >= 0.6 is 0 Å². The van der Waals surface area contributed by atoms with Gasteiger partial charge in [0.05, 0.1) is 18.6 Å². The molecule has 1 aliphatic rings. The number of carbonyl (C=O) groups excluding carboxylic acids is 5. The zero-order valence-electron chi connectivity index (χ0n) is 17.6. The molecule has 5 atom stereocenters. The van der Waals surface area contributed by atoms with Crippen LogP contribution in [0.25, 0.3) is 0 Å². The van der Waals surface area contributed by atoms with Crippen molar-refractivity contribution >= 4 is 35.5 Å². The van der Waals surface area contributed by atoms with Gasteiger partial charge >= 0.3 is 5.97 Å². The van der Waals surface area contributed by atoms with Gasteiger partial charge in [0.25, 0.3) is 0 Å². The van der Waals surface area contributed by atoms with Gasteiger partial charge < -0.3 is 42.9 Å². The van der Waals surface area contributed by atoms with Crippen LogP contribution in [0.3, 0.4) is 0 Å². The van der Waals surface area contributed by atoms with Crippen molar-refractivity contribution in [3.63, 3.8) is 0 Å². The van der Waals surface area contributed by atoms with Crippen LogP contribution in [-0.4, -0.2) is 82.5 Å². The molecule has 5 amide bonds. The number of nitrogens with two attached hydrogens (primary N) is 2. The monoisotopic (exact) mass is 458 g/mol. The standard InChI is InChI=1S/C18H30N6O8/c1-8(25)14(17(30)22-10(18(31)32)4-5-12(19)26)24-16(29)11(7-13(20)27)23-15(28)9-3-2-6-21-9/h8-11,14,21,25H,2-7H2,1H3,(H2,19,26)(H2,20,27)(H,22,30)(H,23,28)(H,24,29)(H,31,32). The number of hydrogen-bond donors (Lipinski definition) is 8. The average molecular weight is 458 g/mol. The van der Waals surface area contributed by atoms with Crippen molar-refractivity contribution in [1.29, 1.82) is 0 Å². The molecule has 0 radical (unpaired) electrons. The molecule has 1 fully saturated rings. The van der Waals surface area contributed by atoms with Crippen LogP contribution in [0.1, 0.15) is 39.0 Å². The number of hydrogen-bond acceptors (Lipinski definition) is 8. The summed E-state index contributed by atoms with van der Waals surface area (Å²) in [5.74, 6) is -5.66.